The summed E-state index contributed by atoms with van der Waals surface area (Å²) in [6, 6.07) is 3.33. The zero-order valence-electron chi connectivity index (χ0n) is 8.66. The summed E-state index contributed by atoms with van der Waals surface area (Å²) in [5.41, 5.74) is -0.00541. The monoisotopic (exact) mass is 305 g/mol. The van der Waals surface area contributed by atoms with Gasteiger partial charge in [-0.2, -0.15) is 18.3 Å². The summed E-state index contributed by atoms with van der Waals surface area (Å²) in [6.45, 7) is 0. The molecular formula is C10H7BrF3N3. The Morgan fingerprint density at radius 3 is 2.53 bits per heavy atom. The van der Waals surface area contributed by atoms with Crippen molar-refractivity contribution in [2.45, 2.75) is 6.18 Å². The molecule has 90 valence electrons. The van der Waals surface area contributed by atoms with E-state index in [-0.39, 0.29) is 4.47 Å². The van der Waals surface area contributed by atoms with E-state index in [9.17, 15) is 13.2 Å². The molecule has 0 unspecified atom stereocenters. The van der Waals surface area contributed by atoms with Crippen LogP contribution < -0.4 is 0 Å². The summed E-state index contributed by atoms with van der Waals surface area (Å²) < 4.78 is 39.0. The topological polar surface area (TPSA) is 30.7 Å². The Balaban J connectivity index is 2.61. The first-order valence-corrected chi connectivity index (χ1v) is 5.40. The summed E-state index contributed by atoms with van der Waals surface area (Å²) in [7, 11) is 1.46. The molecule has 0 saturated heterocycles. The number of aryl methyl sites for hydroxylation is 1. The van der Waals surface area contributed by atoms with Crippen LogP contribution in [0.2, 0.25) is 0 Å². The zero-order chi connectivity index (χ0) is 12.6. The molecular weight excluding hydrogens is 299 g/mol. The van der Waals surface area contributed by atoms with Crippen molar-refractivity contribution in [1.29, 1.82) is 0 Å². The van der Waals surface area contributed by atoms with Gasteiger partial charge >= 0.3 is 6.18 Å². The summed E-state index contributed by atoms with van der Waals surface area (Å²) in [5, 5.41) is 3.47. The molecule has 17 heavy (non-hydrogen) atoms. The van der Waals surface area contributed by atoms with E-state index in [0.717, 1.165) is 0 Å². The molecule has 0 spiro atoms. The molecule has 0 aliphatic rings. The van der Waals surface area contributed by atoms with Gasteiger partial charge in [0.25, 0.3) is 0 Å². The van der Waals surface area contributed by atoms with Crippen LogP contribution in [-0.4, -0.2) is 14.8 Å². The number of halogens is 4. The first-order chi connectivity index (χ1) is 7.91. The van der Waals surface area contributed by atoms with E-state index in [0.29, 0.717) is 11.3 Å². The van der Waals surface area contributed by atoms with Gasteiger partial charge in [0.15, 0.2) is 5.69 Å². The standard InChI is InChI=1S/C10H7BrF3N3/c1-17-8(6-3-2-4-15-5-6)7(11)9(16-17)10(12,13)14/h2-5H,1H3. The highest BCUT2D eigenvalue weighted by Crippen LogP contribution is 2.39. The molecule has 0 N–H and O–H groups in total. The Kier molecular flexibility index (Phi) is 2.94. The maximum atomic E-state index is 12.6. The third-order valence-electron chi connectivity index (χ3n) is 2.19. The average Bonchev–Trinajstić information content (AvgIpc) is 2.55. The van der Waals surface area contributed by atoms with Crippen LogP contribution in [0.1, 0.15) is 5.69 Å². The molecule has 0 aliphatic heterocycles. The van der Waals surface area contributed by atoms with E-state index >= 15 is 0 Å². The molecule has 0 radical (unpaired) electrons. The van der Waals surface area contributed by atoms with Crippen molar-refractivity contribution in [1.82, 2.24) is 14.8 Å². The highest BCUT2D eigenvalue weighted by atomic mass is 79.9. The summed E-state index contributed by atoms with van der Waals surface area (Å²) in [6.07, 6.45) is -1.43. The Morgan fingerprint density at radius 1 is 1.35 bits per heavy atom. The van der Waals surface area contributed by atoms with E-state index in [2.05, 4.69) is 26.0 Å². The molecule has 2 rings (SSSR count). The first-order valence-electron chi connectivity index (χ1n) is 4.61. The number of hydrogen-bond acceptors (Lipinski definition) is 2. The molecule has 3 nitrogen and oxygen atoms in total. The van der Waals surface area contributed by atoms with Gasteiger partial charge in [0.05, 0.1) is 10.2 Å². The molecule has 0 bridgehead atoms. The van der Waals surface area contributed by atoms with Gasteiger partial charge in [0, 0.05) is 25.0 Å². The Morgan fingerprint density at radius 2 is 2.06 bits per heavy atom. The summed E-state index contributed by atoms with van der Waals surface area (Å²) in [5.74, 6) is 0. The van der Waals surface area contributed by atoms with E-state index in [1.807, 2.05) is 0 Å². The second-order valence-corrected chi connectivity index (χ2v) is 4.17. The quantitative estimate of drug-likeness (QED) is 0.809. The fourth-order valence-corrected chi connectivity index (χ4v) is 2.29. The number of alkyl halides is 3. The Labute approximate surface area is 103 Å². The molecule has 0 fully saturated rings. The second-order valence-electron chi connectivity index (χ2n) is 3.37. The van der Waals surface area contributed by atoms with Gasteiger partial charge < -0.3 is 0 Å². The molecule has 2 heterocycles. The highest BCUT2D eigenvalue weighted by molar-refractivity contribution is 9.10. The highest BCUT2D eigenvalue weighted by Gasteiger charge is 2.38. The van der Waals surface area contributed by atoms with Crippen LogP contribution in [0.4, 0.5) is 13.2 Å². The molecule has 0 amide bonds. The lowest BCUT2D eigenvalue weighted by molar-refractivity contribution is -0.142. The molecule has 0 saturated carbocycles. The maximum Gasteiger partial charge on any atom is 0.436 e. The summed E-state index contributed by atoms with van der Waals surface area (Å²) in [4.78, 5) is 3.87. The van der Waals surface area contributed by atoms with Crippen LogP contribution >= 0.6 is 15.9 Å². The minimum Gasteiger partial charge on any atom is -0.266 e. The minimum absolute atomic E-state index is 0.0690. The number of aromatic nitrogens is 3. The van der Waals surface area contributed by atoms with Gasteiger partial charge in [-0.1, -0.05) is 0 Å². The molecule has 2 aromatic heterocycles. The Hall–Kier alpha value is -1.37. The molecule has 0 atom stereocenters. The zero-order valence-corrected chi connectivity index (χ0v) is 10.2. The fraction of sp³-hybridized carbons (Fsp3) is 0.200. The van der Waals surface area contributed by atoms with Crippen molar-refractivity contribution in [3.8, 4) is 11.3 Å². The van der Waals surface area contributed by atoms with Crippen molar-refractivity contribution in [2.75, 3.05) is 0 Å². The van der Waals surface area contributed by atoms with Crippen LogP contribution in [0.15, 0.2) is 29.0 Å². The lowest BCUT2D eigenvalue weighted by Gasteiger charge is -2.02. The van der Waals surface area contributed by atoms with Crippen molar-refractivity contribution < 1.29 is 13.2 Å². The van der Waals surface area contributed by atoms with Crippen molar-refractivity contribution in [3.05, 3.63) is 34.7 Å². The van der Waals surface area contributed by atoms with Gasteiger partial charge in [0.2, 0.25) is 0 Å². The summed E-state index contributed by atoms with van der Waals surface area (Å²) >= 11 is 2.94. The number of pyridine rings is 1. The van der Waals surface area contributed by atoms with Gasteiger partial charge in [-0.15, -0.1) is 0 Å². The van der Waals surface area contributed by atoms with Crippen molar-refractivity contribution >= 4 is 15.9 Å². The van der Waals surface area contributed by atoms with E-state index in [4.69, 9.17) is 0 Å². The van der Waals surface area contributed by atoms with Crippen molar-refractivity contribution in [2.24, 2.45) is 7.05 Å². The first kappa shape index (κ1) is 12.1. The molecule has 7 heteroatoms. The van der Waals surface area contributed by atoms with Crippen LogP contribution in [0, 0.1) is 0 Å². The predicted octanol–water partition coefficient (Wildman–Crippen LogP) is 3.26. The van der Waals surface area contributed by atoms with Gasteiger partial charge in [-0.25, -0.2) is 0 Å². The second kappa shape index (κ2) is 4.14. The lowest BCUT2D eigenvalue weighted by atomic mass is 10.2. The van der Waals surface area contributed by atoms with Crippen LogP contribution in [0.25, 0.3) is 11.3 Å². The number of rotatable bonds is 1. The van der Waals surface area contributed by atoms with Crippen LogP contribution in [0.3, 0.4) is 0 Å². The average molecular weight is 306 g/mol. The van der Waals surface area contributed by atoms with E-state index < -0.39 is 11.9 Å². The Bertz CT molecular complexity index is 534. The van der Waals surface area contributed by atoms with Gasteiger partial charge in [-0.3, -0.25) is 9.67 Å². The predicted molar refractivity (Wildman–Crippen MR) is 59.1 cm³/mol. The van der Waals surface area contributed by atoms with Crippen LogP contribution in [0.5, 0.6) is 0 Å². The lowest BCUT2D eigenvalue weighted by Crippen LogP contribution is -2.07. The third-order valence-corrected chi connectivity index (χ3v) is 2.94. The largest absolute Gasteiger partial charge is 0.436 e. The van der Waals surface area contributed by atoms with Gasteiger partial charge in [-0.05, 0) is 28.1 Å². The van der Waals surface area contributed by atoms with Crippen LogP contribution in [-0.2, 0) is 13.2 Å². The normalized spacial score (nSPS) is 11.8. The van der Waals surface area contributed by atoms with Crippen molar-refractivity contribution in [3.63, 3.8) is 0 Å². The van der Waals surface area contributed by atoms with E-state index in [1.165, 1.54) is 17.9 Å². The molecule has 0 aromatic carbocycles. The van der Waals surface area contributed by atoms with Gasteiger partial charge in [0.1, 0.15) is 0 Å². The van der Waals surface area contributed by atoms with E-state index in [1.54, 1.807) is 18.3 Å². The number of nitrogens with zero attached hydrogens (tertiary/aromatic N) is 3. The maximum absolute atomic E-state index is 12.6. The third kappa shape index (κ3) is 2.19. The smallest absolute Gasteiger partial charge is 0.266 e. The molecule has 0 aliphatic carbocycles. The SMILES string of the molecule is Cn1nc(C(F)(F)F)c(Br)c1-c1cccnc1. The fourth-order valence-electron chi connectivity index (χ4n) is 1.50. The minimum atomic E-state index is -4.48. The molecule has 2 aromatic rings. The number of hydrogen-bond donors (Lipinski definition) is 0.